The van der Waals surface area contributed by atoms with E-state index in [0.717, 1.165) is 53.8 Å². The van der Waals surface area contributed by atoms with Gasteiger partial charge in [-0.05, 0) is 68.0 Å². The fraction of sp³-hybridized carbons (Fsp3) is 0.381. The predicted octanol–water partition coefficient (Wildman–Crippen LogP) is 2.71. The van der Waals surface area contributed by atoms with E-state index in [1.807, 2.05) is 37.4 Å². The van der Waals surface area contributed by atoms with Crippen LogP contribution in [0.2, 0.25) is 0 Å². The van der Waals surface area contributed by atoms with Crippen molar-refractivity contribution in [2.75, 3.05) is 11.1 Å². The molecule has 160 valence electrons. The van der Waals surface area contributed by atoms with Gasteiger partial charge in [0.15, 0.2) is 5.65 Å². The number of nitrogen functional groups attached to an aromatic ring is 1. The summed E-state index contributed by atoms with van der Waals surface area (Å²) in [6.45, 7) is 2.66. The summed E-state index contributed by atoms with van der Waals surface area (Å²) in [6, 6.07) is 8.22. The molecular weight excluding hydrogens is 392 g/mol. The summed E-state index contributed by atoms with van der Waals surface area (Å²) in [7, 11) is 0. The van der Waals surface area contributed by atoms with Gasteiger partial charge in [-0.3, -0.25) is 0 Å². The third-order valence-corrected chi connectivity index (χ3v) is 5.93. The number of nitrogens with two attached hydrogens (primary N) is 2. The third-order valence-electron chi connectivity index (χ3n) is 5.93. The average Bonchev–Trinajstić information content (AvgIpc) is 3.45. The number of hydrogen-bond donors (Lipinski definition) is 3. The van der Waals surface area contributed by atoms with Gasteiger partial charge < -0.3 is 16.8 Å². The Balaban J connectivity index is 1.49. The van der Waals surface area contributed by atoms with E-state index >= 15 is 0 Å². The van der Waals surface area contributed by atoms with Gasteiger partial charge in [-0.25, -0.2) is 9.50 Å². The molecule has 0 aliphatic heterocycles. The first kappa shape index (κ1) is 19.4. The van der Waals surface area contributed by atoms with Crippen LogP contribution >= 0.6 is 0 Å². The largest absolute Gasteiger partial charge is 0.382 e. The van der Waals surface area contributed by atoms with Crippen LogP contribution < -0.4 is 16.8 Å². The first-order valence-electron chi connectivity index (χ1n) is 10.7. The molecular formula is C21H26N10. The summed E-state index contributed by atoms with van der Waals surface area (Å²) < 4.78 is 1.72. The molecule has 0 radical (unpaired) electrons. The molecule has 1 saturated carbocycles. The lowest BCUT2D eigenvalue weighted by molar-refractivity contribution is 0.396. The number of nitrogens with one attached hydrogen (secondary N) is 1. The minimum Gasteiger partial charge on any atom is -0.382 e. The summed E-state index contributed by atoms with van der Waals surface area (Å²) in [6.07, 6.45) is 7.52. The lowest BCUT2D eigenvalue weighted by Crippen LogP contribution is -2.26. The molecule has 1 aromatic carbocycles. The van der Waals surface area contributed by atoms with Gasteiger partial charge in [0.1, 0.15) is 5.82 Å². The van der Waals surface area contributed by atoms with Gasteiger partial charge in [-0.15, -0.1) is 15.3 Å². The first-order chi connectivity index (χ1) is 15.1. The summed E-state index contributed by atoms with van der Waals surface area (Å²) in [5, 5.41) is 20.6. The van der Waals surface area contributed by atoms with Crippen LogP contribution in [0.3, 0.4) is 0 Å². The highest BCUT2D eigenvalue weighted by Gasteiger charge is 2.27. The Morgan fingerprint density at radius 2 is 1.87 bits per heavy atom. The number of nitrogens with zero attached hydrogens (tertiary/aromatic N) is 7. The molecule has 0 bridgehead atoms. The van der Waals surface area contributed by atoms with Crippen molar-refractivity contribution >= 4 is 22.8 Å². The number of aromatic nitrogens is 7. The van der Waals surface area contributed by atoms with E-state index in [1.165, 1.54) is 0 Å². The Kier molecular flexibility index (Phi) is 4.99. The lowest BCUT2D eigenvalue weighted by atomic mass is 9.81. The van der Waals surface area contributed by atoms with Crippen LogP contribution in [-0.4, -0.2) is 40.8 Å². The quantitative estimate of drug-likeness (QED) is 0.450. The molecule has 0 unspecified atom stereocenters. The topological polar surface area (TPSA) is 138 Å². The second kappa shape index (κ2) is 7.95. The Bertz CT molecular complexity index is 1180. The number of fused-ring (bicyclic) bond motifs is 1. The van der Waals surface area contributed by atoms with E-state index < -0.39 is 0 Å². The summed E-state index contributed by atoms with van der Waals surface area (Å²) >= 11 is 0. The molecule has 0 spiro atoms. The standard InChI is InChI=1S/C21H26N10/c1-2-31-28-20(26-29-31)14-5-9-16(10-6-14)25-18-17(13-3-7-15(22)8-4-13)19(23)27-30-12-11-24-21(18)30/h5-6,9-13,15,25H,2-4,7-8,22H2,1H3,(H2,23,27). The Hall–Kier alpha value is -3.53. The molecule has 0 saturated heterocycles. The number of aryl methyl sites for hydroxylation is 1. The van der Waals surface area contributed by atoms with Gasteiger partial charge >= 0.3 is 0 Å². The van der Waals surface area contributed by atoms with Gasteiger partial charge in [0, 0.05) is 35.2 Å². The van der Waals surface area contributed by atoms with Crippen molar-refractivity contribution in [3.8, 4) is 11.4 Å². The lowest BCUT2D eigenvalue weighted by Gasteiger charge is -2.28. The van der Waals surface area contributed by atoms with Crippen LogP contribution in [0.4, 0.5) is 17.2 Å². The SMILES string of the molecule is CCn1nnc(-c2ccc(Nc3c(C4CCC(N)CC4)c(N)nn4ccnc34)cc2)n1. The van der Waals surface area contributed by atoms with Crippen molar-refractivity contribution in [3.63, 3.8) is 0 Å². The molecule has 0 atom stereocenters. The zero-order chi connectivity index (χ0) is 21.4. The van der Waals surface area contributed by atoms with Gasteiger partial charge in [0.2, 0.25) is 5.82 Å². The molecule has 5 rings (SSSR count). The molecule has 3 heterocycles. The minimum atomic E-state index is 0.267. The van der Waals surface area contributed by atoms with E-state index in [9.17, 15) is 0 Å². The monoisotopic (exact) mass is 418 g/mol. The molecule has 3 aromatic heterocycles. The zero-order valence-electron chi connectivity index (χ0n) is 17.4. The average molecular weight is 419 g/mol. The van der Waals surface area contributed by atoms with Gasteiger partial charge in [-0.2, -0.15) is 4.80 Å². The van der Waals surface area contributed by atoms with E-state index in [0.29, 0.717) is 24.1 Å². The molecule has 4 aromatic rings. The fourth-order valence-electron chi connectivity index (χ4n) is 4.26. The van der Waals surface area contributed by atoms with Crippen molar-refractivity contribution in [1.29, 1.82) is 0 Å². The summed E-state index contributed by atoms with van der Waals surface area (Å²) in [5.74, 6) is 1.45. The maximum Gasteiger partial charge on any atom is 0.204 e. The highest BCUT2D eigenvalue weighted by molar-refractivity contribution is 5.81. The van der Waals surface area contributed by atoms with Gasteiger partial charge in [-0.1, -0.05) is 0 Å². The maximum atomic E-state index is 6.42. The molecule has 1 aliphatic rings. The van der Waals surface area contributed by atoms with Crippen molar-refractivity contribution in [1.82, 2.24) is 34.8 Å². The first-order valence-corrected chi connectivity index (χ1v) is 10.7. The third kappa shape index (κ3) is 3.70. The molecule has 1 aliphatic carbocycles. The second-order valence-electron chi connectivity index (χ2n) is 7.98. The Labute approximate surface area is 179 Å². The number of hydrogen-bond acceptors (Lipinski definition) is 8. The van der Waals surface area contributed by atoms with Gasteiger partial charge in [0.05, 0.1) is 12.2 Å². The van der Waals surface area contributed by atoms with Crippen LogP contribution in [0.25, 0.3) is 17.0 Å². The molecule has 0 amide bonds. The number of anilines is 3. The number of benzene rings is 1. The van der Waals surface area contributed by atoms with Crippen LogP contribution in [0, 0.1) is 0 Å². The summed E-state index contributed by atoms with van der Waals surface area (Å²) in [5.41, 5.74) is 17.1. The predicted molar refractivity (Wildman–Crippen MR) is 119 cm³/mol. The number of imidazole rings is 1. The molecule has 10 heteroatoms. The molecule has 5 N–H and O–H groups in total. The van der Waals surface area contributed by atoms with E-state index in [2.05, 4.69) is 30.8 Å². The number of tetrazole rings is 1. The van der Waals surface area contributed by atoms with Gasteiger partial charge in [0.25, 0.3) is 0 Å². The van der Waals surface area contributed by atoms with Crippen molar-refractivity contribution in [3.05, 3.63) is 42.2 Å². The molecule has 31 heavy (non-hydrogen) atoms. The second-order valence-corrected chi connectivity index (χ2v) is 7.98. The van der Waals surface area contributed by atoms with E-state index in [1.54, 1.807) is 15.5 Å². The Morgan fingerprint density at radius 3 is 2.58 bits per heavy atom. The highest BCUT2D eigenvalue weighted by Crippen LogP contribution is 2.41. The summed E-state index contributed by atoms with van der Waals surface area (Å²) in [4.78, 5) is 6.10. The van der Waals surface area contributed by atoms with Crippen LogP contribution in [0.15, 0.2) is 36.7 Å². The zero-order valence-corrected chi connectivity index (χ0v) is 17.4. The normalized spacial score (nSPS) is 19.0. The van der Waals surface area contributed by atoms with E-state index in [4.69, 9.17) is 11.5 Å². The van der Waals surface area contributed by atoms with Crippen LogP contribution in [0.1, 0.15) is 44.1 Å². The maximum absolute atomic E-state index is 6.42. The van der Waals surface area contributed by atoms with Crippen molar-refractivity contribution < 1.29 is 0 Å². The Morgan fingerprint density at radius 1 is 1.10 bits per heavy atom. The van der Waals surface area contributed by atoms with Crippen LogP contribution in [0.5, 0.6) is 0 Å². The van der Waals surface area contributed by atoms with E-state index in [-0.39, 0.29) is 6.04 Å². The highest BCUT2D eigenvalue weighted by atomic mass is 15.6. The minimum absolute atomic E-state index is 0.267. The van der Waals surface area contributed by atoms with Crippen molar-refractivity contribution in [2.45, 2.75) is 51.1 Å². The molecule has 1 fully saturated rings. The molecule has 10 nitrogen and oxygen atoms in total. The number of rotatable bonds is 5. The fourth-order valence-corrected chi connectivity index (χ4v) is 4.26. The van der Waals surface area contributed by atoms with Crippen molar-refractivity contribution in [2.24, 2.45) is 5.73 Å². The smallest absolute Gasteiger partial charge is 0.204 e. The van der Waals surface area contributed by atoms with Crippen LogP contribution in [-0.2, 0) is 6.54 Å².